The van der Waals surface area contributed by atoms with Crippen LogP contribution >= 0.6 is 24.8 Å². The lowest BCUT2D eigenvalue weighted by atomic mass is 9.82. The highest BCUT2D eigenvalue weighted by Crippen LogP contribution is 2.36. The van der Waals surface area contributed by atoms with E-state index in [4.69, 9.17) is 9.26 Å². The predicted molar refractivity (Wildman–Crippen MR) is 143 cm³/mol. The highest BCUT2D eigenvalue weighted by Gasteiger charge is 2.34. The molecule has 2 heterocycles. The molecule has 6 nitrogen and oxygen atoms in total. The molecule has 1 saturated heterocycles. The van der Waals surface area contributed by atoms with Crippen molar-refractivity contribution in [3.8, 4) is 17.0 Å². The second-order valence-electron chi connectivity index (χ2n) is 9.05. The van der Waals surface area contributed by atoms with E-state index in [9.17, 15) is 9.18 Å². The molecule has 2 aromatic carbocycles. The minimum atomic E-state index is -0.388. The topological polar surface area (TPSA) is 58.8 Å². The lowest BCUT2D eigenvalue weighted by Crippen LogP contribution is -2.46. The van der Waals surface area contributed by atoms with Crippen LogP contribution in [-0.2, 0) is 6.42 Å². The number of aromatic nitrogens is 1. The number of nitrogens with zero attached hydrogens (tertiary/aromatic N) is 3. The van der Waals surface area contributed by atoms with Gasteiger partial charge in [0.05, 0.1) is 18.4 Å². The number of piperazine rings is 1. The van der Waals surface area contributed by atoms with Crippen LogP contribution in [0.5, 0.6) is 5.75 Å². The summed E-state index contributed by atoms with van der Waals surface area (Å²) in [4.78, 5) is 18.1. The van der Waals surface area contributed by atoms with Crippen LogP contribution in [0.4, 0.5) is 10.1 Å². The van der Waals surface area contributed by atoms with E-state index in [2.05, 4.69) is 21.0 Å². The molecule has 0 amide bonds. The molecule has 1 aliphatic carbocycles. The number of hydrogen-bond donors (Lipinski definition) is 0. The molecular formula is C27H32Cl2FN3O3. The smallest absolute Gasteiger partial charge is 0.171 e. The van der Waals surface area contributed by atoms with E-state index in [1.54, 1.807) is 25.3 Å². The Balaban J connectivity index is 0.00000180. The number of aryl methyl sites for hydroxylation is 1. The zero-order valence-corrected chi connectivity index (χ0v) is 22.0. The molecule has 9 heteroatoms. The maximum absolute atomic E-state index is 14.3. The van der Waals surface area contributed by atoms with Crippen molar-refractivity contribution in [3.05, 3.63) is 65.7 Å². The van der Waals surface area contributed by atoms with Gasteiger partial charge in [-0.2, -0.15) is 0 Å². The van der Waals surface area contributed by atoms with Gasteiger partial charge in [0.25, 0.3) is 0 Å². The highest BCUT2D eigenvalue weighted by molar-refractivity contribution is 6.04. The van der Waals surface area contributed by atoms with Gasteiger partial charge in [0, 0.05) is 44.1 Å². The van der Waals surface area contributed by atoms with Gasteiger partial charge in [0.1, 0.15) is 23.0 Å². The third kappa shape index (κ3) is 5.69. The van der Waals surface area contributed by atoms with Crippen molar-refractivity contribution in [1.29, 1.82) is 0 Å². The SMILES string of the molecule is COc1ccccc1N1CCN(CCCC2CCc3onc(-c4ccccc4F)c3C2=O)CC1.Cl.Cl. The van der Waals surface area contributed by atoms with Crippen LogP contribution in [0.25, 0.3) is 11.3 Å². The fourth-order valence-corrected chi connectivity index (χ4v) is 5.17. The van der Waals surface area contributed by atoms with Crippen LogP contribution in [0.1, 0.15) is 35.4 Å². The van der Waals surface area contributed by atoms with Gasteiger partial charge in [-0.3, -0.25) is 9.69 Å². The molecule has 1 unspecified atom stereocenters. The molecule has 5 rings (SSSR count). The molecule has 1 aliphatic heterocycles. The second kappa shape index (κ2) is 12.6. The molecule has 0 radical (unpaired) electrons. The van der Waals surface area contributed by atoms with Crippen LogP contribution in [0, 0.1) is 11.7 Å². The van der Waals surface area contributed by atoms with Crippen molar-refractivity contribution in [2.45, 2.75) is 25.7 Å². The van der Waals surface area contributed by atoms with Crippen molar-refractivity contribution in [3.63, 3.8) is 0 Å². The molecule has 0 saturated carbocycles. The Kier molecular flexibility index (Phi) is 9.77. The monoisotopic (exact) mass is 535 g/mol. The summed E-state index contributed by atoms with van der Waals surface area (Å²) >= 11 is 0. The number of para-hydroxylation sites is 2. The van der Waals surface area contributed by atoms with Crippen LogP contribution in [0.3, 0.4) is 0 Å². The van der Waals surface area contributed by atoms with Crippen molar-refractivity contribution >= 4 is 36.3 Å². The number of fused-ring (bicyclic) bond motifs is 1. The van der Waals surface area contributed by atoms with Gasteiger partial charge in [-0.15, -0.1) is 24.8 Å². The number of anilines is 1. The molecule has 194 valence electrons. The summed E-state index contributed by atoms with van der Waals surface area (Å²) in [5.74, 6) is 1.09. The fourth-order valence-electron chi connectivity index (χ4n) is 5.17. The van der Waals surface area contributed by atoms with Gasteiger partial charge in [0.15, 0.2) is 5.78 Å². The van der Waals surface area contributed by atoms with Gasteiger partial charge >= 0.3 is 0 Å². The van der Waals surface area contributed by atoms with Crippen molar-refractivity contribution in [1.82, 2.24) is 10.1 Å². The average molecular weight is 536 g/mol. The van der Waals surface area contributed by atoms with Gasteiger partial charge in [-0.1, -0.05) is 29.4 Å². The summed E-state index contributed by atoms with van der Waals surface area (Å²) in [6, 6.07) is 14.6. The minimum Gasteiger partial charge on any atom is -0.495 e. The molecule has 1 fully saturated rings. The molecule has 0 N–H and O–H groups in total. The van der Waals surface area contributed by atoms with Crippen LogP contribution in [0.15, 0.2) is 53.1 Å². The summed E-state index contributed by atoms with van der Waals surface area (Å²) < 4.78 is 25.3. The number of rotatable bonds is 7. The van der Waals surface area contributed by atoms with Crippen LogP contribution in [-0.4, -0.2) is 55.7 Å². The standard InChI is InChI=1S/C27H30FN3O3.2ClH/c1-33-23-11-5-4-10-22(23)31-17-15-30(16-18-31)14-6-7-19-12-13-24-25(27(19)32)26(29-34-24)20-8-2-3-9-21(20)28;;/h2-5,8-11,19H,6-7,12-18H2,1H3;2*1H. The van der Waals surface area contributed by atoms with Crippen LogP contribution < -0.4 is 9.64 Å². The van der Waals surface area contributed by atoms with E-state index < -0.39 is 0 Å². The van der Waals surface area contributed by atoms with Crippen molar-refractivity contribution < 1.29 is 18.4 Å². The van der Waals surface area contributed by atoms with Crippen molar-refractivity contribution in [2.75, 3.05) is 44.7 Å². The van der Waals surface area contributed by atoms with E-state index >= 15 is 0 Å². The maximum Gasteiger partial charge on any atom is 0.171 e. The number of ketones is 1. The van der Waals surface area contributed by atoms with Gasteiger partial charge in [-0.05, 0) is 50.1 Å². The third-order valence-corrected chi connectivity index (χ3v) is 7.05. The maximum atomic E-state index is 14.3. The van der Waals surface area contributed by atoms with E-state index in [1.807, 2.05) is 18.2 Å². The van der Waals surface area contributed by atoms with E-state index in [-0.39, 0.29) is 42.3 Å². The Morgan fingerprint density at radius 1 is 1.06 bits per heavy atom. The molecule has 36 heavy (non-hydrogen) atoms. The molecule has 0 bridgehead atoms. The summed E-state index contributed by atoms with van der Waals surface area (Å²) in [6.45, 7) is 4.87. The predicted octanol–water partition coefficient (Wildman–Crippen LogP) is 5.68. The molecule has 3 aromatic rings. The lowest BCUT2D eigenvalue weighted by Gasteiger charge is -2.36. The van der Waals surface area contributed by atoms with Crippen molar-refractivity contribution in [2.24, 2.45) is 5.92 Å². The molecule has 1 atom stereocenters. The van der Waals surface area contributed by atoms with Gasteiger partial charge < -0.3 is 14.2 Å². The Hall–Kier alpha value is -2.61. The number of carbonyl (C=O) groups excluding carboxylic acids is 1. The van der Waals surface area contributed by atoms with E-state index in [1.165, 1.54) is 6.07 Å². The number of hydrogen-bond acceptors (Lipinski definition) is 6. The largest absolute Gasteiger partial charge is 0.495 e. The first kappa shape index (κ1) is 28.0. The minimum absolute atomic E-state index is 0. The summed E-state index contributed by atoms with van der Waals surface area (Å²) in [5, 5.41) is 4.05. The summed E-state index contributed by atoms with van der Waals surface area (Å²) in [5.41, 5.74) is 2.30. The molecule has 2 aliphatic rings. The molecule has 0 spiro atoms. The molecule has 1 aromatic heterocycles. The first-order chi connectivity index (χ1) is 16.7. The Labute approximate surface area is 223 Å². The quantitative estimate of drug-likeness (QED) is 0.387. The summed E-state index contributed by atoms with van der Waals surface area (Å²) in [6.07, 6.45) is 3.22. The number of benzene rings is 2. The number of ether oxygens (including phenoxy) is 1. The van der Waals surface area contributed by atoms with Gasteiger partial charge in [0.2, 0.25) is 0 Å². The summed E-state index contributed by atoms with van der Waals surface area (Å²) in [7, 11) is 1.71. The first-order valence-corrected chi connectivity index (χ1v) is 12.0. The molecular weight excluding hydrogens is 504 g/mol. The first-order valence-electron chi connectivity index (χ1n) is 12.0. The third-order valence-electron chi connectivity index (χ3n) is 7.05. The number of carbonyl (C=O) groups is 1. The van der Waals surface area contributed by atoms with E-state index in [0.717, 1.165) is 63.4 Å². The zero-order valence-electron chi connectivity index (χ0n) is 20.3. The average Bonchev–Trinajstić information content (AvgIpc) is 3.31. The lowest BCUT2D eigenvalue weighted by molar-refractivity contribution is 0.0884. The normalized spacial score (nSPS) is 17.7. The Morgan fingerprint density at radius 2 is 1.78 bits per heavy atom. The van der Waals surface area contributed by atoms with Gasteiger partial charge in [-0.25, -0.2) is 4.39 Å². The fraction of sp³-hybridized carbons (Fsp3) is 0.407. The van der Waals surface area contributed by atoms with Crippen LogP contribution in [0.2, 0.25) is 0 Å². The number of halogens is 3. The zero-order chi connectivity index (χ0) is 23.5. The van der Waals surface area contributed by atoms with E-state index in [0.29, 0.717) is 29.0 Å². The highest BCUT2D eigenvalue weighted by atomic mass is 35.5. The Morgan fingerprint density at radius 3 is 2.53 bits per heavy atom. The Bertz CT molecular complexity index is 1160. The number of methoxy groups -OCH3 is 1. The number of Topliss-reactive ketones (excluding diaryl/α,β-unsaturated/α-hetero) is 1. The second-order valence-corrected chi connectivity index (χ2v) is 9.05.